The van der Waals surface area contributed by atoms with Gasteiger partial charge in [0.25, 0.3) is 11.8 Å². The fourth-order valence-corrected chi connectivity index (χ4v) is 10.0. The van der Waals surface area contributed by atoms with E-state index in [0.29, 0.717) is 67.8 Å². The molecule has 0 saturated heterocycles. The minimum absolute atomic E-state index is 0. The molecule has 2 fully saturated rings. The predicted octanol–water partition coefficient (Wildman–Crippen LogP) is 1.52. The van der Waals surface area contributed by atoms with Crippen molar-refractivity contribution in [2.45, 2.75) is 109 Å². The largest absolute Gasteiger partial charge is 1.00 e. The fraction of sp³-hybridized carbons (Fsp3) is 0.444. The molecule has 0 aromatic carbocycles. The van der Waals surface area contributed by atoms with Crippen molar-refractivity contribution in [3.8, 4) is 34.8 Å². The Balaban J connectivity index is 0.000000167. The van der Waals surface area contributed by atoms with Crippen molar-refractivity contribution in [3.63, 3.8) is 0 Å². The molecule has 0 atom stereocenters. The number of anilines is 2. The third kappa shape index (κ3) is 16.0. The van der Waals surface area contributed by atoms with E-state index in [4.69, 9.17) is 34.2 Å². The number of rotatable bonds is 6. The van der Waals surface area contributed by atoms with Crippen LogP contribution in [0, 0.1) is 11.6 Å². The molecule has 0 unspecified atom stereocenters. The van der Waals surface area contributed by atoms with E-state index in [0.717, 1.165) is 142 Å². The van der Waals surface area contributed by atoms with Crippen LogP contribution >= 0.6 is 0 Å². The first-order valence-electron chi connectivity index (χ1n) is 25.9. The number of hydrogen-bond acceptors (Lipinski definition) is 21. The van der Waals surface area contributed by atoms with Gasteiger partial charge in [0.2, 0.25) is 17.7 Å². The molecule has 4 aromatic heterocycles. The van der Waals surface area contributed by atoms with Crippen molar-refractivity contribution >= 4 is 67.6 Å². The standard InChI is InChI=1S/C24H25FN4O4.C13H16FN3O2.C11H9NO3.C4H6O4.C2H3BO2.Na/c25-15-9-20-24(28-11-15)33-13-22(30)29(20)17-3-1-16(2-4-17)26-10-14-7-18-19(8-14)27-12-21-23(18)32-6-5-31-21;14-8-5-11-13(16-6-8)19-7-12(18)17(11)10-3-1-9(15)2-4-10;13-6-7-3-8-9(4-7)12-5-10-11(8)15-2-1-14-10;1-3(5)7-8-4(2)6;1-2(4)5-3;/h8-9,11-12,16-17,26H,1-7,10,13H2;5-6,9-10H,1-4,7,15H2;4-6H,1-3H2;1-2H3;1H3;/q;;;;-1;+1. The molecule has 12 rings (SSSR count). The Kier molecular flexibility index (Phi) is 21.9. The van der Waals surface area contributed by atoms with Gasteiger partial charge in [0.15, 0.2) is 36.2 Å². The van der Waals surface area contributed by atoms with Gasteiger partial charge in [0.05, 0.1) is 36.2 Å². The summed E-state index contributed by atoms with van der Waals surface area (Å²) in [7, 11) is 4.32. The van der Waals surface area contributed by atoms with E-state index in [9.17, 15) is 37.5 Å². The van der Waals surface area contributed by atoms with E-state index in [-0.39, 0.29) is 72.7 Å². The average Bonchev–Trinajstić information content (AvgIpc) is 4.19. The van der Waals surface area contributed by atoms with Gasteiger partial charge in [-0.15, -0.1) is 0 Å². The molecule has 8 heterocycles. The zero-order valence-electron chi connectivity index (χ0n) is 45.2. The molecule has 81 heavy (non-hydrogen) atoms. The molecule has 0 bridgehead atoms. The number of nitrogens with zero attached hydrogens (tertiary/aromatic N) is 6. The molecular weight excluding hydrogens is 1070 g/mol. The van der Waals surface area contributed by atoms with Gasteiger partial charge in [-0.25, -0.2) is 38.1 Å². The molecule has 3 N–H and O–H groups in total. The van der Waals surface area contributed by atoms with Crippen LogP contribution in [0.5, 0.6) is 34.8 Å². The number of nitrogens with one attached hydrogen (secondary N) is 1. The number of amides is 2. The number of aromatic nitrogens is 4. The Labute approximate surface area is 488 Å². The van der Waals surface area contributed by atoms with E-state index in [2.05, 4.69) is 53.8 Å². The Morgan fingerprint density at radius 3 is 1.59 bits per heavy atom. The van der Waals surface area contributed by atoms with Crippen molar-refractivity contribution < 1.29 is 110 Å². The van der Waals surface area contributed by atoms with Gasteiger partial charge in [-0.3, -0.25) is 29.1 Å². The topological polar surface area (TPSA) is 282 Å². The number of aldehydes is 1. The maximum absolute atomic E-state index is 13.8. The van der Waals surface area contributed by atoms with Crippen molar-refractivity contribution in [2.75, 3.05) is 56.0 Å². The summed E-state index contributed by atoms with van der Waals surface area (Å²) < 4.78 is 63.8. The van der Waals surface area contributed by atoms with E-state index in [1.54, 1.807) is 28.3 Å². The summed E-state index contributed by atoms with van der Waals surface area (Å²) in [6.07, 6.45) is 18.8. The van der Waals surface area contributed by atoms with E-state index < -0.39 is 29.5 Å². The fourth-order valence-electron chi connectivity index (χ4n) is 10.0. The minimum atomic E-state index is -0.639. The number of fused-ring (bicyclic) bond motifs is 8. The number of pyridine rings is 4. The third-order valence-electron chi connectivity index (χ3n) is 13.6. The molecule has 8 aliphatic rings. The Hall–Kier alpha value is -7.26. The minimum Gasteiger partial charge on any atom is -0.793 e. The molecule has 27 heteroatoms. The van der Waals surface area contributed by atoms with Crippen LogP contribution in [0.2, 0.25) is 0 Å². The van der Waals surface area contributed by atoms with E-state index in [1.807, 2.05) is 0 Å². The summed E-state index contributed by atoms with van der Waals surface area (Å²) in [4.78, 5) is 92.1. The quantitative estimate of drug-likeness (QED) is 0.120. The molecule has 423 valence electrons. The van der Waals surface area contributed by atoms with Gasteiger partial charge in [0, 0.05) is 87.6 Å². The van der Waals surface area contributed by atoms with Crippen LogP contribution in [0.15, 0.2) is 48.1 Å². The van der Waals surface area contributed by atoms with E-state index >= 15 is 0 Å². The number of carbonyl (C=O) groups is 6. The Morgan fingerprint density at radius 1 is 0.667 bits per heavy atom. The smallest absolute Gasteiger partial charge is 0.793 e. The normalized spacial score (nSPS) is 20.2. The maximum atomic E-state index is 13.8. The van der Waals surface area contributed by atoms with E-state index in [1.165, 1.54) is 24.6 Å². The van der Waals surface area contributed by atoms with Crippen molar-refractivity contribution in [1.82, 2.24) is 25.3 Å². The molecule has 2 saturated carbocycles. The first-order valence-corrected chi connectivity index (χ1v) is 25.9. The summed E-state index contributed by atoms with van der Waals surface area (Å²) >= 11 is 0. The second-order valence-corrected chi connectivity index (χ2v) is 19.3. The predicted molar refractivity (Wildman–Crippen MR) is 280 cm³/mol. The van der Waals surface area contributed by atoms with Gasteiger partial charge >= 0.3 is 41.5 Å². The van der Waals surface area contributed by atoms with Gasteiger partial charge in [0.1, 0.15) is 55.7 Å². The number of nitrogens with two attached hydrogens (primary N) is 1. The van der Waals surface area contributed by atoms with Crippen LogP contribution in [0.25, 0.3) is 12.2 Å². The number of allylic oxidation sites excluding steroid dienone is 1. The van der Waals surface area contributed by atoms with Crippen LogP contribution in [0.1, 0.15) is 94.7 Å². The molecular formula is C54H59BF2N8NaO15. The third-order valence-corrected chi connectivity index (χ3v) is 13.6. The van der Waals surface area contributed by atoms with Gasteiger partial charge in [-0.1, -0.05) is 0 Å². The summed E-state index contributed by atoms with van der Waals surface area (Å²) in [5.74, 6) is 0.702. The Morgan fingerprint density at radius 2 is 1.12 bits per heavy atom. The first kappa shape index (κ1) is 61.4. The molecule has 4 aliphatic carbocycles. The van der Waals surface area contributed by atoms with Crippen molar-refractivity contribution in [1.29, 1.82) is 0 Å². The average molecular weight is 1130 g/mol. The van der Waals surface area contributed by atoms with Crippen LogP contribution in [0.3, 0.4) is 0 Å². The summed E-state index contributed by atoms with van der Waals surface area (Å²) in [6, 6.07) is 3.33. The summed E-state index contributed by atoms with van der Waals surface area (Å²) in [5, 5.41) is 3.67. The molecule has 3 radical (unpaired) electrons. The number of hydrogen-bond donors (Lipinski definition) is 2. The second-order valence-electron chi connectivity index (χ2n) is 19.3. The number of carbonyl (C=O) groups excluding carboxylic acids is 6. The van der Waals surface area contributed by atoms with Gasteiger partial charge < -0.3 is 62.0 Å². The summed E-state index contributed by atoms with van der Waals surface area (Å²) in [6.45, 7) is 6.46. The number of halogens is 2. The molecule has 0 spiro atoms. The van der Waals surface area contributed by atoms with Crippen LogP contribution in [-0.4, -0.2) is 134 Å². The first-order chi connectivity index (χ1) is 38.6. The second kappa shape index (κ2) is 28.9. The molecule has 2 amide bonds. The summed E-state index contributed by atoms with van der Waals surface area (Å²) in [5.41, 5.74) is 12.6. The zero-order chi connectivity index (χ0) is 56.9. The molecule has 4 aliphatic heterocycles. The van der Waals surface area contributed by atoms with Crippen LogP contribution in [0.4, 0.5) is 20.2 Å². The number of ether oxygens (including phenoxy) is 6. The monoisotopic (exact) mass is 1130 g/mol. The SMILES string of the molecule is CC(=O)OOC(C)=O.NC1CCC(N2C(=O)COc3ncc(F)cc32)CC1.O=C1COc2ncc(F)cc2N1C1CCC(NCC2=Cc3ncc4c(c3C2)OCCO4)CC1.O=CC1=Cc2ncc3c(c2C1)OCCO3.[B-]OC(C)=O.[Na+]. The molecule has 4 aromatic rings. The molecule has 23 nitrogen and oxygen atoms in total. The van der Waals surface area contributed by atoms with Crippen LogP contribution in [-0.2, 0) is 56.0 Å². The van der Waals surface area contributed by atoms with Gasteiger partial charge in [-0.2, -0.15) is 0 Å². The van der Waals surface area contributed by atoms with Crippen LogP contribution < -0.4 is 78.8 Å². The Bertz CT molecular complexity index is 3020. The van der Waals surface area contributed by atoms with Gasteiger partial charge in [-0.05, 0) is 74.7 Å². The van der Waals surface area contributed by atoms with Crippen molar-refractivity contribution in [3.05, 3.63) is 82.2 Å². The zero-order valence-corrected chi connectivity index (χ0v) is 47.2. The maximum Gasteiger partial charge on any atom is 1.00 e. The van der Waals surface area contributed by atoms with Crippen molar-refractivity contribution in [2.24, 2.45) is 5.73 Å².